The van der Waals surface area contributed by atoms with Gasteiger partial charge in [0.15, 0.2) is 0 Å². The van der Waals surface area contributed by atoms with Crippen LogP contribution in [0.1, 0.15) is 11.1 Å². The molecule has 0 aliphatic carbocycles. The maximum absolute atomic E-state index is 11.0. The number of primary amides is 1. The van der Waals surface area contributed by atoms with E-state index in [0.29, 0.717) is 6.54 Å². The molecule has 0 fully saturated rings. The molecule has 0 radical (unpaired) electrons. The maximum atomic E-state index is 11.0. The van der Waals surface area contributed by atoms with Crippen LogP contribution in [0.4, 0.5) is 4.79 Å². The van der Waals surface area contributed by atoms with Crippen LogP contribution in [0.25, 0.3) is 0 Å². The number of nitrogens with two attached hydrogens (primary N) is 1. The molecule has 0 bridgehead atoms. The molecule has 0 unspecified atom stereocenters. The summed E-state index contributed by atoms with van der Waals surface area (Å²) >= 11 is 0. The zero-order chi connectivity index (χ0) is 13.0. The Kier molecular flexibility index (Phi) is 4.20. The van der Waals surface area contributed by atoms with Crippen LogP contribution < -0.4 is 15.2 Å². The smallest absolute Gasteiger partial charge is 0.314 e. The number of carbonyl (C=O) groups excluding carboxylic acids is 1. The van der Waals surface area contributed by atoms with Gasteiger partial charge in [-0.25, -0.2) is 4.79 Å². The van der Waals surface area contributed by atoms with Crippen LogP contribution in [-0.4, -0.2) is 32.2 Å². The van der Waals surface area contributed by atoms with Crippen molar-refractivity contribution in [2.45, 2.75) is 13.5 Å². The fraction of sp³-hybridized carbons (Fsp3) is 0.417. The molecule has 0 atom stereocenters. The Morgan fingerprint density at radius 3 is 2.35 bits per heavy atom. The quantitative estimate of drug-likeness (QED) is 0.865. The first kappa shape index (κ1) is 13.2. The summed E-state index contributed by atoms with van der Waals surface area (Å²) in [6.45, 7) is 2.32. The molecule has 0 saturated carbocycles. The summed E-state index contributed by atoms with van der Waals surface area (Å²) in [4.78, 5) is 12.4. The van der Waals surface area contributed by atoms with Crippen molar-refractivity contribution in [2.75, 3.05) is 21.3 Å². The van der Waals surface area contributed by atoms with Crippen molar-refractivity contribution in [3.05, 3.63) is 23.3 Å². The third-order valence-electron chi connectivity index (χ3n) is 2.58. The van der Waals surface area contributed by atoms with Crippen LogP contribution in [0.3, 0.4) is 0 Å². The van der Waals surface area contributed by atoms with Gasteiger partial charge in [-0.3, -0.25) is 0 Å². The van der Waals surface area contributed by atoms with Crippen LogP contribution in [0.2, 0.25) is 0 Å². The average Bonchev–Trinajstić information content (AvgIpc) is 2.30. The molecule has 0 spiro atoms. The highest BCUT2D eigenvalue weighted by Gasteiger charge is 2.12. The highest BCUT2D eigenvalue weighted by molar-refractivity contribution is 5.71. The highest BCUT2D eigenvalue weighted by Crippen LogP contribution is 2.28. The second-order valence-electron chi connectivity index (χ2n) is 3.83. The highest BCUT2D eigenvalue weighted by atomic mass is 16.5. The van der Waals surface area contributed by atoms with Crippen molar-refractivity contribution in [1.82, 2.24) is 4.90 Å². The third-order valence-corrected chi connectivity index (χ3v) is 2.58. The molecule has 0 aliphatic rings. The lowest BCUT2D eigenvalue weighted by Crippen LogP contribution is -2.31. The molecule has 17 heavy (non-hydrogen) atoms. The maximum Gasteiger partial charge on any atom is 0.314 e. The molecule has 2 N–H and O–H groups in total. The minimum absolute atomic E-state index is 0.384. The number of methoxy groups -OCH3 is 2. The van der Waals surface area contributed by atoms with Crippen LogP contribution in [0, 0.1) is 6.92 Å². The summed E-state index contributed by atoms with van der Waals surface area (Å²) in [5.41, 5.74) is 7.03. The molecular formula is C12H18N2O3. The summed E-state index contributed by atoms with van der Waals surface area (Å²) in [6, 6.07) is 3.25. The van der Waals surface area contributed by atoms with Crippen molar-refractivity contribution < 1.29 is 14.3 Å². The first-order chi connectivity index (χ1) is 7.99. The number of aryl methyl sites for hydroxylation is 1. The molecule has 5 nitrogen and oxygen atoms in total. The minimum atomic E-state index is -0.480. The zero-order valence-corrected chi connectivity index (χ0v) is 10.6. The van der Waals surface area contributed by atoms with Crippen molar-refractivity contribution in [3.63, 3.8) is 0 Å². The molecule has 2 amide bonds. The van der Waals surface area contributed by atoms with Crippen molar-refractivity contribution in [1.29, 1.82) is 0 Å². The summed E-state index contributed by atoms with van der Waals surface area (Å²) in [6.07, 6.45) is 0. The Balaban J connectivity index is 3.08. The first-order valence-corrected chi connectivity index (χ1v) is 5.21. The van der Waals surface area contributed by atoms with E-state index in [9.17, 15) is 4.79 Å². The minimum Gasteiger partial charge on any atom is -0.496 e. The molecule has 0 aromatic heterocycles. The molecule has 0 saturated heterocycles. The summed E-state index contributed by atoms with van der Waals surface area (Å²) in [5, 5.41) is 0. The van der Waals surface area contributed by atoms with Gasteiger partial charge in [0, 0.05) is 12.6 Å². The molecule has 0 heterocycles. The van der Waals surface area contributed by atoms with Gasteiger partial charge >= 0.3 is 6.03 Å². The van der Waals surface area contributed by atoms with Gasteiger partial charge in [0.25, 0.3) is 0 Å². The number of rotatable bonds is 4. The Morgan fingerprint density at radius 1 is 1.29 bits per heavy atom. The monoisotopic (exact) mass is 238 g/mol. The van der Waals surface area contributed by atoms with E-state index in [1.807, 2.05) is 19.1 Å². The van der Waals surface area contributed by atoms with E-state index < -0.39 is 6.03 Å². The van der Waals surface area contributed by atoms with E-state index in [4.69, 9.17) is 15.2 Å². The second-order valence-corrected chi connectivity index (χ2v) is 3.83. The fourth-order valence-corrected chi connectivity index (χ4v) is 1.57. The number of benzene rings is 1. The normalized spacial score (nSPS) is 9.88. The fourth-order valence-electron chi connectivity index (χ4n) is 1.57. The Bertz CT molecular complexity index is 418. The molecule has 1 aromatic carbocycles. The predicted molar refractivity (Wildman–Crippen MR) is 65.3 cm³/mol. The van der Waals surface area contributed by atoms with E-state index in [1.54, 1.807) is 21.3 Å². The summed E-state index contributed by atoms with van der Waals surface area (Å²) in [7, 11) is 4.83. The van der Waals surface area contributed by atoms with Gasteiger partial charge in [-0.1, -0.05) is 0 Å². The molecule has 1 rings (SSSR count). The molecular weight excluding hydrogens is 220 g/mol. The van der Waals surface area contributed by atoms with E-state index >= 15 is 0 Å². The Labute approximate surface area is 101 Å². The largest absolute Gasteiger partial charge is 0.496 e. The van der Waals surface area contributed by atoms with E-state index in [2.05, 4.69) is 0 Å². The van der Waals surface area contributed by atoms with Gasteiger partial charge < -0.3 is 20.1 Å². The number of carbonyl (C=O) groups is 1. The summed E-state index contributed by atoms with van der Waals surface area (Å²) in [5.74, 6) is 1.48. The zero-order valence-electron chi connectivity index (χ0n) is 10.6. The van der Waals surface area contributed by atoms with E-state index in [1.165, 1.54) is 4.90 Å². The van der Waals surface area contributed by atoms with Gasteiger partial charge in [-0.15, -0.1) is 0 Å². The first-order valence-electron chi connectivity index (χ1n) is 5.21. The van der Waals surface area contributed by atoms with Crippen LogP contribution >= 0.6 is 0 Å². The van der Waals surface area contributed by atoms with Crippen LogP contribution in [-0.2, 0) is 6.54 Å². The molecule has 5 heteroatoms. The lowest BCUT2D eigenvalue weighted by atomic mass is 10.1. The molecule has 94 valence electrons. The van der Waals surface area contributed by atoms with Crippen molar-refractivity contribution in [2.24, 2.45) is 5.73 Å². The number of urea groups is 1. The van der Waals surface area contributed by atoms with Crippen molar-refractivity contribution in [3.8, 4) is 11.5 Å². The second kappa shape index (κ2) is 5.43. The van der Waals surface area contributed by atoms with Gasteiger partial charge in [0.1, 0.15) is 11.5 Å². The predicted octanol–water partition coefficient (Wildman–Crippen LogP) is 1.52. The number of nitrogens with zero attached hydrogens (tertiary/aromatic N) is 1. The number of hydrogen-bond donors (Lipinski definition) is 1. The summed E-state index contributed by atoms with van der Waals surface area (Å²) < 4.78 is 10.5. The number of ether oxygens (including phenoxy) is 2. The Hall–Kier alpha value is -1.91. The van der Waals surface area contributed by atoms with E-state index in [0.717, 1.165) is 22.6 Å². The third kappa shape index (κ3) is 3.03. The molecule has 1 aromatic rings. The lowest BCUT2D eigenvalue weighted by Gasteiger charge is -2.18. The average molecular weight is 238 g/mol. The van der Waals surface area contributed by atoms with Crippen LogP contribution in [0.15, 0.2) is 12.1 Å². The topological polar surface area (TPSA) is 64.8 Å². The van der Waals surface area contributed by atoms with Crippen LogP contribution in [0.5, 0.6) is 11.5 Å². The van der Waals surface area contributed by atoms with Gasteiger partial charge in [-0.2, -0.15) is 0 Å². The van der Waals surface area contributed by atoms with Crippen molar-refractivity contribution >= 4 is 6.03 Å². The number of amides is 2. The Morgan fingerprint density at radius 2 is 1.88 bits per heavy atom. The molecule has 0 aliphatic heterocycles. The van der Waals surface area contributed by atoms with Gasteiger partial charge in [0.05, 0.1) is 20.8 Å². The SMILES string of the molecule is COc1cc(CN(C)C(N)=O)c(OC)cc1C. The van der Waals surface area contributed by atoms with Gasteiger partial charge in [0.2, 0.25) is 0 Å². The van der Waals surface area contributed by atoms with Gasteiger partial charge in [-0.05, 0) is 24.6 Å². The van der Waals surface area contributed by atoms with E-state index in [-0.39, 0.29) is 0 Å². The standard InChI is InChI=1S/C12H18N2O3/c1-8-5-11(17-4)9(6-10(8)16-3)7-14(2)12(13)15/h5-6H,7H2,1-4H3,(H2,13,15). The lowest BCUT2D eigenvalue weighted by molar-refractivity contribution is 0.216. The number of hydrogen-bond acceptors (Lipinski definition) is 3.